The van der Waals surface area contributed by atoms with Gasteiger partial charge >= 0.3 is 5.97 Å². The summed E-state index contributed by atoms with van der Waals surface area (Å²) in [6, 6.07) is -0.655. The SMILES string of the molecule is COC(=O)C(CC(C)C)NC(=O)C1=CC2C=C(C)C=CC2O1. The molecule has 0 aromatic rings. The van der Waals surface area contributed by atoms with Crippen LogP contribution in [0.15, 0.2) is 35.6 Å². The van der Waals surface area contributed by atoms with Crippen LogP contribution in [0.3, 0.4) is 0 Å². The van der Waals surface area contributed by atoms with Crippen LogP contribution in [0.2, 0.25) is 0 Å². The van der Waals surface area contributed by atoms with E-state index in [1.54, 1.807) is 6.08 Å². The summed E-state index contributed by atoms with van der Waals surface area (Å²) in [7, 11) is 1.32. The molecule has 1 heterocycles. The molecule has 1 aliphatic heterocycles. The lowest BCUT2D eigenvalue weighted by Gasteiger charge is -2.19. The number of esters is 1. The largest absolute Gasteiger partial charge is 0.480 e. The van der Waals surface area contributed by atoms with Crippen molar-refractivity contribution in [1.82, 2.24) is 5.32 Å². The second kappa shape index (κ2) is 6.81. The number of hydrogen-bond donors (Lipinski definition) is 1. The second-order valence-corrected chi connectivity index (χ2v) is 6.14. The molecule has 5 heteroatoms. The molecule has 5 nitrogen and oxygen atoms in total. The zero-order valence-electron chi connectivity index (χ0n) is 13.5. The Morgan fingerprint density at radius 1 is 1.36 bits per heavy atom. The van der Waals surface area contributed by atoms with Crippen molar-refractivity contribution < 1.29 is 19.1 Å². The number of fused-ring (bicyclic) bond motifs is 1. The Hall–Kier alpha value is -2.04. The summed E-state index contributed by atoms with van der Waals surface area (Å²) in [4.78, 5) is 24.1. The van der Waals surface area contributed by atoms with Crippen LogP contribution in [-0.2, 0) is 19.1 Å². The Bertz CT molecular complexity index is 545. The third-order valence-corrected chi connectivity index (χ3v) is 3.71. The molecule has 3 atom stereocenters. The van der Waals surface area contributed by atoms with E-state index in [0.717, 1.165) is 5.57 Å². The molecule has 2 aliphatic rings. The van der Waals surface area contributed by atoms with Gasteiger partial charge < -0.3 is 14.8 Å². The molecule has 0 aromatic carbocycles. The van der Waals surface area contributed by atoms with Crippen LogP contribution >= 0.6 is 0 Å². The standard InChI is InChI=1S/C17H23NO4/c1-10(2)7-13(17(20)21-4)18-16(19)15-9-12-8-11(3)5-6-14(12)22-15/h5-6,8-10,12-14H,7H2,1-4H3,(H,18,19). The topological polar surface area (TPSA) is 64.6 Å². The Labute approximate surface area is 131 Å². The van der Waals surface area contributed by atoms with Crippen LogP contribution < -0.4 is 5.32 Å². The summed E-state index contributed by atoms with van der Waals surface area (Å²) in [5, 5.41) is 2.71. The van der Waals surface area contributed by atoms with E-state index in [4.69, 9.17) is 9.47 Å². The molecule has 1 N–H and O–H groups in total. The average Bonchev–Trinajstić information content (AvgIpc) is 2.88. The highest BCUT2D eigenvalue weighted by Crippen LogP contribution is 2.30. The van der Waals surface area contributed by atoms with E-state index in [1.165, 1.54) is 7.11 Å². The van der Waals surface area contributed by atoms with Gasteiger partial charge in [-0.05, 0) is 31.4 Å². The van der Waals surface area contributed by atoms with E-state index in [9.17, 15) is 9.59 Å². The molecule has 0 saturated heterocycles. The molecule has 1 aliphatic carbocycles. The highest BCUT2D eigenvalue weighted by molar-refractivity contribution is 5.95. The van der Waals surface area contributed by atoms with Crippen molar-refractivity contribution in [3.63, 3.8) is 0 Å². The maximum absolute atomic E-state index is 12.3. The van der Waals surface area contributed by atoms with Crippen LogP contribution in [0, 0.1) is 11.8 Å². The van der Waals surface area contributed by atoms with Crippen LogP contribution in [0.5, 0.6) is 0 Å². The Morgan fingerprint density at radius 3 is 2.73 bits per heavy atom. The van der Waals surface area contributed by atoms with E-state index in [0.29, 0.717) is 6.42 Å². The minimum Gasteiger partial charge on any atom is -0.480 e. The molecule has 0 radical (unpaired) electrons. The van der Waals surface area contributed by atoms with Gasteiger partial charge in [-0.25, -0.2) is 4.79 Å². The maximum atomic E-state index is 12.3. The van der Waals surface area contributed by atoms with E-state index in [2.05, 4.69) is 11.4 Å². The molecular formula is C17H23NO4. The fourth-order valence-electron chi connectivity index (χ4n) is 2.64. The number of nitrogens with one attached hydrogen (secondary N) is 1. The molecule has 1 amide bonds. The normalized spacial score (nSPS) is 24.0. The monoisotopic (exact) mass is 305 g/mol. The van der Waals surface area contributed by atoms with Gasteiger partial charge in [0.2, 0.25) is 0 Å². The Kier molecular flexibility index (Phi) is 5.06. The lowest BCUT2D eigenvalue weighted by atomic mass is 9.95. The minimum atomic E-state index is -0.655. The average molecular weight is 305 g/mol. The maximum Gasteiger partial charge on any atom is 0.328 e. The van der Waals surface area contributed by atoms with Crippen LogP contribution in [-0.4, -0.2) is 31.1 Å². The lowest BCUT2D eigenvalue weighted by Crippen LogP contribution is -2.43. The molecule has 0 bridgehead atoms. The van der Waals surface area contributed by atoms with Crippen molar-refractivity contribution in [3.05, 3.63) is 35.6 Å². The summed E-state index contributed by atoms with van der Waals surface area (Å²) < 4.78 is 10.4. The summed E-state index contributed by atoms with van der Waals surface area (Å²) in [5.74, 6) is -0.201. The van der Waals surface area contributed by atoms with E-state index >= 15 is 0 Å². The van der Waals surface area contributed by atoms with Gasteiger partial charge in [-0.3, -0.25) is 4.79 Å². The quantitative estimate of drug-likeness (QED) is 0.790. The first kappa shape index (κ1) is 16.3. The van der Waals surface area contributed by atoms with Crippen molar-refractivity contribution in [2.75, 3.05) is 7.11 Å². The molecule has 0 saturated carbocycles. The predicted molar refractivity (Wildman–Crippen MR) is 82.7 cm³/mol. The van der Waals surface area contributed by atoms with Crippen molar-refractivity contribution >= 4 is 11.9 Å². The molecule has 3 unspecified atom stereocenters. The highest BCUT2D eigenvalue weighted by atomic mass is 16.5. The number of amides is 1. The zero-order chi connectivity index (χ0) is 16.3. The summed E-state index contributed by atoms with van der Waals surface area (Å²) in [6.07, 6.45) is 8.19. The van der Waals surface area contributed by atoms with Crippen molar-refractivity contribution in [2.45, 2.75) is 39.3 Å². The Balaban J connectivity index is 2.03. The third kappa shape index (κ3) is 3.78. The number of methoxy groups -OCH3 is 1. The first-order valence-corrected chi connectivity index (χ1v) is 7.54. The van der Waals surface area contributed by atoms with Crippen LogP contribution in [0.1, 0.15) is 27.2 Å². The molecule has 0 fully saturated rings. The van der Waals surface area contributed by atoms with Gasteiger partial charge in [0.15, 0.2) is 5.76 Å². The zero-order valence-corrected chi connectivity index (χ0v) is 13.5. The first-order chi connectivity index (χ1) is 10.4. The summed E-state index contributed by atoms with van der Waals surface area (Å²) in [5.41, 5.74) is 1.15. The number of carbonyl (C=O) groups is 2. The van der Waals surface area contributed by atoms with Gasteiger partial charge in [-0.15, -0.1) is 0 Å². The lowest BCUT2D eigenvalue weighted by molar-refractivity contribution is -0.145. The minimum absolute atomic E-state index is 0.0763. The van der Waals surface area contributed by atoms with E-state index < -0.39 is 12.0 Å². The van der Waals surface area contributed by atoms with Crippen molar-refractivity contribution in [3.8, 4) is 0 Å². The van der Waals surface area contributed by atoms with Gasteiger partial charge in [0.25, 0.3) is 5.91 Å². The van der Waals surface area contributed by atoms with Gasteiger partial charge in [0.05, 0.1) is 7.11 Å². The van der Waals surface area contributed by atoms with Crippen molar-refractivity contribution in [2.24, 2.45) is 11.8 Å². The number of ether oxygens (including phenoxy) is 2. The predicted octanol–water partition coefficient (Wildman–Crippen LogP) is 2.11. The Morgan fingerprint density at radius 2 is 2.09 bits per heavy atom. The molecule has 22 heavy (non-hydrogen) atoms. The summed E-state index contributed by atoms with van der Waals surface area (Å²) in [6.45, 7) is 5.98. The molecule has 0 spiro atoms. The molecular weight excluding hydrogens is 282 g/mol. The van der Waals surface area contributed by atoms with E-state index in [-0.39, 0.29) is 29.6 Å². The molecule has 120 valence electrons. The number of allylic oxidation sites excluding steroid dienone is 2. The van der Waals surface area contributed by atoms with Gasteiger partial charge in [-0.1, -0.05) is 31.6 Å². The fraction of sp³-hybridized carbons (Fsp3) is 0.529. The number of rotatable bonds is 5. The first-order valence-electron chi connectivity index (χ1n) is 7.54. The number of carbonyl (C=O) groups excluding carboxylic acids is 2. The number of hydrogen-bond acceptors (Lipinski definition) is 4. The highest BCUT2D eigenvalue weighted by Gasteiger charge is 2.32. The van der Waals surface area contributed by atoms with Gasteiger partial charge in [0.1, 0.15) is 12.1 Å². The van der Waals surface area contributed by atoms with Crippen LogP contribution in [0.25, 0.3) is 0 Å². The second-order valence-electron chi connectivity index (χ2n) is 6.14. The van der Waals surface area contributed by atoms with Gasteiger partial charge in [0, 0.05) is 5.92 Å². The van der Waals surface area contributed by atoms with Crippen LogP contribution in [0.4, 0.5) is 0 Å². The fourth-order valence-corrected chi connectivity index (χ4v) is 2.64. The van der Waals surface area contributed by atoms with E-state index in [1.807, 2.05) is 32.9 Å². The smallest absolute Gasteiger partial charge is 0.328 e. The van der Waals surface area contributed by atoms with Crippen molar-refractivity contribution in [1.29, 1.82) is 0 Å². The molecule has 0 aromatic heterocycles. The molecule has 2 rings (SSSR count). The third-order valence-electron chi connectivity index (χ3n) is 3.71. The summed E-state index contributed by atoms with van der Waals surface area (Å²) >= 11 is 0. The van der Waals surface area contributed by atoms with Gasteiger partial charge in [-0.2, -0.15) is 0 Å².